The molecule has 222 valence electrons. The van der Waals surface area contributed by atoms with Gasteiger partial charge >= 0.3 is 17.9 Å². The largest absolute Gasteiger partial charge is 0.481 e. The Labute approximate surface area is 240 Å². The Morgan fingerprint density at radius 2 is 1.44 bits per heavy atom. The highest BCUT2D eigenvalue weighted by atomic mass is 16.4. The van der Waals surface area contributed by atoms with E-state index in [1.165, 1.54) is 31.2 Å². The topological polar surface area (TPSA) is 156 Å². The molecule has 0 bridgehead atoms. The maximum atomic E-state index is 12.8. The quantitative estimate of drug-likeness (QED) is 0.338. The highest BCUT2D eigenvalue weighted by Gasteiger charge is 2.42. The zero-order valence-corrected chi connectivity index (χ0v) is 23.7. The Morgan fingerprint density at radius 1 is 0.878 bits per heavy atom. The van der Waals surface area contributed by atoms with E-state index in [1.54, 1.807) is 16.0 Å². The third-order valence-electron chi connectivity index (χ3n) is 8.15. The predicted molar refractivity (Wildman–Crippen MR) is 152 cm³/mol. The fourth-order valence-electron chi connectivity index (χ4n) is 5.97. The fourth-order valence-corrected chi connectivity index (χ4v) is 5.97. The number of hydrogen-bond acceptors (Lipinski definition) is 6. The summed E-state index contributed by atoms with van der Waals surface area (Å²) in [4.78, 5) is 47.6. The molecule has 1 saturated heterocycles. The number of piperidine rings is 1. The van der Waals surface area contributed by atoms with E-state index in [2.05, 4.69) is 53.4 Å². The predicted octanol–water partition coefficient (Wildman–Crippen LogP) is 2.67. The molecule has 1 aliphatic heterocycles. The maximum Gasteiger partial charge on any atom is 0.336 e. The number of carbonyl (C=O) groups is 4. The number of likely N-dealkylation sites (tertiary alicyclic amines) is 1. The van der Waals surface area contributed by atoms with Crippen molar-refractivity contribution in [3.63, 3.8) is 0 Å². The van der Waals surface area contributed by atoms with Gasteiger partial charge in [0.15, 0.2) is 5.60 Å². The zero-order chi connectivity index (χ0) is 30.2. The van der Waals surface area contributed by atoms with Gasteiger partial charge in [-0.25, -0.2) is 4.79 Å². The molecule has 1 atom stereocenters. The molecule has 0 radical (unpaired) electrons. The second-order valence-corrected chi connectivity index (χ2v) is 11.3. The number of carboxylic acids is 3. The molecule has 0 aromatic heterocycles. The summed E-state index contributed by atoms with van der Waals surface area (Å²) in [6, 6.07) is 19.5. The normalized spacial score (nSPS) is 16.7. The molecule has 1 unspecified atom stereocenters. The van der Waals surface area contributed by atoms with Gasteiger partial charge in [0.1, 0.15) is 0 Å². The van der Waals surface area contributed by atoms with Crippen LogP contribution in [0.15, 0.2) is 54.6 Å². The SMILES string of the molecule is CN(C)C(=O)C(Cc1ccccc1)CN1CCC2(CCc3ccccc32)CC1.O=C(O)CC(O)(CC(=O)O)C(=O)O. The van der Waals surface area contributed by atoms with Gasteiger partial charge in [-0.1, -0.05) is 54.6 Å². The average molecular weight is 569 g/mol. The van der Waals surface area contributed by atoms with Crippen LogP contribution in [-0.2, 0) is 37.4 Å². The van der Waals surface area contributed by atoms with Gasteiger partial charge in [0.05, 0.1) is 18.8 Å². The molecule has 1 amide bonds. The number of fused-ring (bicyclic) bond motifs is 2. The summed E-state index contributed by atoms with van der Waals surface area (Å²) in [7, 11) is 3.75. The summed E-state index contributed by atoms with van der Waals surface area (Å²) < 4.78 is 0. The number of aliphatic hydroxyl groups is 1. The highest BCUT2D eigenvalue weighted by molar-refractivity contribution is 5.88. The van der Waals surface area contributed by atoms with Crippen LogP contribution in [0.25, 0.3) is 0 Å². The molecule has 2 aromatic rings. The van der Waals surface area contributed by atoms with Crippen molar-refractivity contribution in [3.8, 4) is 0 Å². The number of aliphatic carboxylic acids is 3. The lowest BCUT2D eigenvalue weighted by molar-refractivity contribution is -0.170. The van der Waals surface area contributed by atoms with Gasteiger partial charge in [-0.05, 0) is 67.3 Å². The van der Waals surface area contributed by atoms with Gasteiger partial charge < -0.3 is 30.2 Å². The van der Waals surface area contributed by atoms with Crippen molar-refractivity contribution in [2.45, 2.75) is 56.0 Å². The third kappa shape index (κ3) is 8.37. The summed E-state index contributed by atoms with van der Waals surface area (Å²) in [5.74, 6) is -4.74. The summed E-state index contributed by atoms with van der Waals surface area (Å²) in [5.41, 5.74) is 2.05. The van der Waals surface area contributed by atoms with Crippen LogP contribution in [0.3, 0.4) is 0 Å². The molecule has 10 nitrogen and oxygen atoms in total. The summed E-state index contributed by atoms with van der Waals surface area (Å²) in [6.45, 7) is 3.06. The van der Waals surface area contributed by atoms with E-state index in [1.807, 2.05) is 20.2 Å². The Bertz CT molecular complexity index is 1210. The van der Waals surface area contributed by atoms with Crippen molar-refractivity contribution in [1.29, 1.82) is 0 Å². The summed E-state index contributed by atoms with van der Waals surface area (Å²) >= 11 is 0. The van der Waals surface area contributed by atoms with Crippen molar-refractivity contribution in [2.24, 2.45) is 5.92 Å². The number of amides is 1. The van der Waals surface area contributed by atoms with Gasteiger partial charge in [0, 0.05) is 20.6 Å². The van der Waals surface area contributed by atoms with Gasteiger partial charge in [-0.3, -0.25) is 14.4 Å². The summed E-state index contributed by atoms with van der Waals surface area (Å²) in [6.07, 6.45) is 3.50. The minimum Gasteiger partial charge on any atom is -0.481 e. The molecule has 10 heteroatoms. The van der Waals surface area contributed by atoms with Crippen molar-refractivity contribution in [3.05, 3.63) is 71.3 Å². The number of carbonyl (C=O) groups excluding carboxylic acids is 1. The molecule has 41 heavy (non-hydrogen) atoms. The summed E-state index contributed by atoms with van der Waals surface area (Å²) in [5, 5.41) is 33.8. The second-order valence-electron chi connectivity index (χ2n) is 11.3. The minimum atomic E-state index is -2.74. The van der Waals surface area contributed by atoms with Crippen LogP contribution in [0, 0.1) is 5.92 Å². The molecule has 4 N–H and O–H groups in total. The molecule has 2 aromatic carbocycles. The number of hydrogen-bond donors (Lipinski definition) is 4. The molecular formula is C31H40N2O8. The molecule has 1 fully saturated rings. The number of carboxylic acid groups (broad SMARTS) is 3. The van der Waals surface area contributed by atoms with Crippen LogP contribution in [0.4, 0.5) is 0 Å². The zero-order valence-electron chi connectivity index (χ0n) is 23.7. The van der Waals surface area contributed by atoms with Crippen LogP contribution in [0.1, 0.15) is 48.8 Å². The molecule has 1 spiro atoms. The van der Waals surface area contributed by atoms with Crippen molar-refractivity contribution in [2.75, 3.05) is 33.7 Å². The van der Waals surface area contributed by atoms with Crippen LogP contribution in [-0.4, -0.2) is 93.4 Å². The average Bonchev–Trinajstić information content (AvgIpc) is 3.27. The van der Waals surface area contributed by atoms with E-state index >= 15 is 0 Å². The second kappa shape index (κ2) is 13.7. The van der Waals surface area contributed by atoms with E-state index < -0.39 is 36.4 Å². The van der Waals surface area contributed by atoms with Crippen LogP contribution in [0.2, 0.25) is 0 Å². The van der Waals surface area contributed by atoms with Gasteiger partial charge in [0.2, 0.25) is 5.91 Å². The Kier molecular flexibility index (Phi) is 10.6. The van der Waals surface area contributed by atoms with E-state index in [-0.39, 0.29) is 11.8 Å². The van der Waals surface area contributed by atoms with Crippen molar-refractivity contribution in [1.82, 2.24) is 9.80 Å². The standard InChI is InChI=1S/C25H32N2O.C6H8O7/c1-26(2)24(28)22(18-20-8-4-3-5-9-20)19-27-16-14-25(15-17-27)13-12-21-10-6-7-11-23(21)25;7-3(8)1-6(13,5(11)12)2-4(9)10/h3-11,22H,12-19H2,1-2H3;13H,1-2H2,(H,7,8)(H,9,10)(H,11,12). The maximum absolute atomic E-state index is 12.8. The van der Waals surface area contributed by atoms with Crippen LogP contribution < -0.4 is 0 Å². The molecule has 4 rings (SSSR count). The van der Waals surface area contributed by atoms with E-state index in [0.717, 1.165) is 26.1 Å². The fraction of sp³-hybridized carbons (Fsp3) is 0.484. The molecule has 1 heterocycles. The smallest absolute Gasteiger partial charge is 0.336 e. The van der Waals surface area contributed by atoms with E-state index in [4.69, 9.17) is 20.4 Å². The third-order valence-corrected chi connectivity index (χ3v) is 8.15. The monoisotopic (exact) mass is 568 g/mol. The van der Waals surface area contributed by atoms with E-state index in [0.29, 0.717) is 5.41 Å². The lowest BCUT2D eigenvalue weighted by atomic mass is 9.73. The minimum absolute atomic E-state index is 0.0299. The molecule has 2 aliphatic rings. The van der Waals surface area contributed by atoms with Crippen LogP contribution >= 0.6 is 0 Å². The Balaban J connectivity index is 0.000000302. The van der Waals surface area contributed by atoms with Gasteiger partial charge in [-0.15, -0.1) is 0 Å². The first kappa shape index (κ1) is 31.8. The lowest BCUT2D eigenvalue weighted by Crippen LogP contribution is -2.46. The van der Waals surface area contributed by atoms with Gasteiger partial charge in [-0.2, -0.15) is 0 Å². The van der Waals surface area contributed by atoms with Crippen molar-refractivity contribution >= 4 is 23.8 Å². The number of rotatable bonds is 10. The lowest BCUT2D eigenvalue weighted by Gasteiger charge is -2.41. The Morgan fingerprint density at radius 3 is 1.98 bits per heavy atom. The van der Waals surface area contributed by atoms with Crippen LogP contribution in [0.5, 0.6) is 0 Å². The highest BCUT2D eigenvalue weighted by Crippen LogP contribution is 2.46. The first-order valence-electron chi connectivity index (χ1n) is 13.8. The first-order valence-corrected chi connectivity index (χ1v) is 13.8. The Hall–Kier alpha value is -3.76. The number of nitrogens with zero attached hydrogens (tertiary/aromatic N) is 2. The van der Waals surface area contributed by atoms with Crippen molar-refractivity contribution < 1.29 is 39.6 Å². The van der Waals surface area contributed by atoms with Gasteiger partial charge in [0.25, 0.3) is 0 Å². The number of benzene rings is 2. The number of aryl methyl sites for hydroxylation is 1. The van der Waals surface area contributed by atoms with E-state index in [9.17, 15) is 19.2 Å². The molecule has 1 aliphatic carbocycles. The molecule has 0 saturated carbocycles. The first-order chi connectivity index (χ1) is 19.3. The molecular weight excluding hydrogens is 528 g/mol.